The van der Waals surface area contributed by atoms with E-state index >= 15 is 0 Å². The summed E-state index contributed by atoms with van der Waals surface area (Å²) in [6.45, 7) is 5.22. The lowest BCUT2D eigenvalue weighted by Crippen LogP contribution is -2.26. The fraction of sp³-hybridized carbons (Fsp3) is 0.571. The smallest absolute Gasteiger partial charge is 0.0947 e. The van der Waals surface area contributed by atoms with Gasteiger partial charge in [0.2, 0.25) is 0 Å². The molecule has 102 valence electrons. The molecule has 0 aromatic heterocycles. The van der Waals surface area contributed by atoms with Gasteiger partial charge in [-0.05, 0) is 38.0 Å². The van der Waals surface area contributed by atoms with Crippen molar-refractivity contribution in [2.75, 3.05) is 20.3 Å². The van der Waals surface area contributed by atoms with Crippen LogP contribution in [0.2, 0.25) is 0 Å². The topological polar surface area (TPSA) is 44.5 Å². The summed E-state index contributed by atoms with van der Waals surface area (Å²) < 4.78 is 12.2. The zero-order valence-electron chi connectivity index (χ0n) is 11.3. The van der Waals surface area contributed by atoms with E-state index in [1.165, 1.54) is 0 Å². The Bertz CT molecular complexity index is 351. The molecule has 0 spiro atoms. The molecule has 0 aliphatic heterocycles. The Morgan fingerprint density at radius 1 is 1.28 bits per heavy atom. The largest absolute Gasteiger partial charge is 0.379 e. The highest BCUT2D eigenvalue weighted by Crippen LogP contribution is 2.21. The second-order valence-electron chi connectivity index (χ2n) is 4.86. The monoisotopic (exact) mass is 315 g/mol. The molecular weight excluding hydrogens is 294 g/mol. The average molecular weight is 316 g/mol. The van der Waals surface area contributed by atoms with E-state index in [-0.39, 0.29) is 11.7 Å². The van der Waals surface area contributed by atoms with E-state index in [9.17, 15) is 0 Å². The highest BCUT2D eigenvalue weighted by molar-refractivity contribution is 9.10. The maximum absolute atomic E-state index is 5.83. The molecule has 1 atom stereocenters. The second kappa shape index (κ2) is 7.24. The molecule has 0 saturated heterocycles. The van der Waals surface area contributed by atoms with Gasteiger partial charge in [-0.25, -0.2) is 0 Å². The lowest BCUT2D eigenvalue weighted by Gasteiger charge is -2.24. The number of hydrogen-bond donors (Lipinski definition) is 1. The number of rotatable bonds is 7. The highest BCUT2D eigenvalue weighted by atomic mass is 79.9. The number of nitrogens with two attached hydrogens (primary N) is 1. The Hall–Kier alpha value is -0.420. The van der Waals surface area contributed by atoms with Crippen molar-refractivity contribution in [3.05, 3.63) is 34.3 Å². The lowest BCUT2D eigenvalue weighted by atomic mass is 10.1. The summed E-state index contributed by atoms with van der Waals surface area (Å²) in [6.07, 6.45) is 0.794. The zero-order valence-corrected chi connectivity index (χ0v) is 12.9. The van der Waals surface area contributed by atoms with Crippen LogP contribution in [0, 0.1) is 0 Å². The molecule has 1 rings (SSSR count). The fourth-order valence-corrected chi connectivity index (χ4v) is 1.79. The molecule has 0 aliphatic rings. The first-order valence-corrected chi connectivity index (χ1v) is 6.90. The molecule has 0 bridgehead atoms. The molecule has 0 heterocycles. The third kappa shape index (κ3) is 5.06. The molecule has 1 aromatic rings. The van der Waals surface area contributed by atoms with Gasteiger partial charge in [-0.2, -0.15) is 0 Å². The van der Waals surface area contributed by atoms with Gasteiger partial charge in [0.05, 0.1) is 18.3 Å². The van der Waals surface area contributed by atoms with E-state index in [1.807, 2.05) is 38.1 Å². The average Bonchev–Trinajstić information content (AvgIpc) is 2.36. The van der Waals surface area contributed by atoms with Crippen LogP contribution in [-0.2, 0) is 9.47 Å². The highest BCUT2D eigenvalue weighted by Gasteiger charge is 2.17. The SMILES string of the molecule is COC(C)(C)CCOC(CN)c1ccc(Br)cc1. The number of methoxy groups -OCH3 is 1. The number of halogens is 1. The molecule has 0 radical (unpaired) electrons. The van der Waals surface area contributed by atoms with E-state index in [0.717, 1.165) is 16.5 Å². The Kier molecular flexibility index (Phi) is 6.29. The summed E-state index contributed by atoms with van der Waals surface area (Å²) in [5.74, 6) is 0. The summed E-state index contributed by atoms with van der Waals surface area (Å²) in [6, 6.07) is 8.06. The van der Waals surface area contributed by atoms with Gasteiger partial charge in [-0.1, -0.05) is 28.1 Å². The lowest BCUT2D eigenvalue weighted by molar-refractivity contribution is -0.0257. The van der Waals surface area contributed by atoms with Crippen LogP contribution in [-0.4, -0.2) is 25.9 Å². The first-order chi connectivity index (χ1) is 8.48. The van der Waals surface area contributed by atoms with Gasteiger partial charge in [0, 0.05) is 18.1 Å². The molecule has 0 saturated carbocycles. The predicted molar refractivity (Wildman–Crippen MR) is 77.6 cm³/mol. The normalized spacial score (nSPS) is 13.6. The van der Waals surface area contributed by atoms with Crippen LogP contribution in [0.25, 0.3) is 0 Å². The van der Waals surface area contributed by atoms with Crippen LogP contribution >= 0.6 is 15.9 Å². The van der Waals surface area contributed by atoms with Crippen molar-refractivity contribution in [2.24, 2.45) is 5.73 Å². The molecule has 18 heavy (non-hydrogen) atoms. The van der Waals surface area contributed by atoms with Gasteiger partial charge >= 0.3 is 0 Å². The van der Waals surface area contributed by atoms with Crippen molar-refractivity contribution in [3.8, 4) is 0 Å². The molecule has 1 aromatic carbocycles. The Morgan fingerprint density at radius 3 is 2.39 bits per heavy atom. The van der Waals surface area contributed by atoms with Crippen LogP contribution in [0.4, 0.5) is 0 Å². The van der Waals surface area contributed by atoms with Gasteiger partial charge in [0.15, 0.2) is 0 Å². The Labute approximate surface area is 118 Å². The molecule has 0 aliphatic carbocycles. The molecule has 0 fully saturated rings. The number of benzene rings is 1. The molecule has 1 unspecified atom stereocenters. The van der Waals surface area contributed by atoms with Gasteiger partial charge < -0.3 is 15.2 Å². The van der Waals surface area contributed by atoms with Crippen molar-refractivity contribution in [1.29, 1.82) is 0 Å². The number of hydrogen-bond acceptors (Lipinski definition) is 3. The summed E-state index contributed by atoms with van der Waals surface area (Å²) >= 11 is 3.42. The van der Waals surface area contributed by atoms with Crippen molar-refractivity contribution in [1.82, 2.24) is 0 Å². The standard InChI is InChI=1S/C14H22BrNO2/c1-14(2,17-3)8-9-18-13(10-16)11-4-6-12(15)7-5-11/h4-7,13H,8-10,16H2,1-3H3. The van der Waals surface area contributed by atoms with Gasteiger partial charge in [-0.15, -0.1) is 0 Å². The summed E-state index contributed by atoms with van der Waals surface area (Å²) in [4.78, 5) is 0. The third-order valence-electron chi connectivity index (χ3n) is 3.03. The Morgan fingerprint density at radius 2 is 1.89 bits per heavy atom. The maximum atomic E-state index is 5.83. The van der Waals surface area contributed by atoms with Crippen LogP contribution in [0.3, 0.4) is 0 Å². The predicted octanol–water partition coefficient (Wildman–Crippen LogP) is 3.28. The van der Waals surface area contributed by atoms with Crippen LogP contribution in [0.1, 0.15) is 31.9 Å². The molecule has 0 amide bonds. The first kappa shape index (κ1) is 15.6. The minimum absolute atomic E-state index is 0.0502. The minimum Gasteiger partial charge on any atom is -0.379 e. The first-order valence-electron chi connectivity index (χ1n) is 6.11. The van der Waals surface area contributed by atoms with Crippen LogP contribution in [0.5, 0.6) is 0 Å². The van der Waals surface area contributed by atoms with Gasteiger partial charge in [0.25, 0.3) is 0 Å². The van der Waals surface area contributed by atoms with E-state index < -0.39 is 0 Å². The van der Waals surface area contributed by atoms with E-state index in [2.05, 4.69) is 15.9 Å². The van der Waals surface area contributed by atoms with Gasteiger partial charge in [-0.3, -0.25) is 0 Å². The number of ether oxygens (including phenoxy) is 2. The summed E-state index contributed by atoms with van der Waals surface area (Å²) in [5, 5.41) is 0. The Balaban J connectivity index is 2.50. The fourth-order valence-electron chi connectivity index (χ4n) is 1.53. The zero-order chi connectivity index (χ0) is 13.6. The molecule has 2 N–H and O–H groups in total. The van der Waals surface area contributed by atoms with Crippen molar-refractivity contribution in [2.45, 2.75) is 32.0 Å². The summed E-state index contributed by atoms with van der Waals surface area (Å²) in [7, 11) is 1.72. The van der Waals surface area contributed by atoms with Crippen molar-refractivity contribution < 1.29 is 9.47 Å². The van der Waals surface area contributed by atoms with Crippen molar-refractivity contribution >= 4 is 15.9 Å². The summed E-state index contributed by atoms with van der Waals surface area (Å²) in [5.41, 5.74) is 6.71. The van der Waals surface area contributed by atoms with E-state index in [4.69, 9.17) is 15.2 Å². The second-order valence-corrected chi connectivity index (χ2v) is 5.78. The van der Waals surface area contributed by atoms with Gasteiger partial charge in [0.1, 0.15) is 0 Å². The molecule has 3 nitrogen and oxygen atoms in total. The molecular formula is C14H22BrNO2. The third-order valence-corrected chi connectivity index (χ3v) is 3.56. The van der Waals surface area contributed by atoms with Crippen molar-refractivity contribution in [3.63, 3.8) is 0 Å². The minimum atomic E-state index is -0.154. The van der Waals surface area contributed by atoms with E-state index in [0.29, 0.717) is 13.2 Å². The maximum Gasteiger partial charge on any atom is 0.0947 e. The van der Waals surface area contributed by atoms with Crippen LogP contribution < -0.4 is 5.73 Å². The quantitative estimate of drug-likeness (QED) is 0.839. The molecule has 4 heteroatoms. The van der Waals surface area contributed by atoms with E-state index in [1.54, 1.807) is 7.11 Å². The van der Waals surface area contributed by atoms with Crippen LogP contribution in [0.15, 0.2) is 28.7 Å².